The van der Waals surface area contributed by atoms with Crippen molar-refractivity contribution < 1.29 is 38.0 Å². The fraction of sp³-hybridized carbons (Fsp3) is 0.816. The van der Waals surface area contributed by atoms with E-state index in [9.17, 15) is 4.79 Å². The molecule has 4 heterocycles. The fourth-order valence-electron chi connectivity index (χ4n) is 7.39. The number of hydrogen-bond donors (Lipinski definition) is 0. The zero-order valence-electron chi connectivity index (χ0n) is 29.1. The van der Waals surface area contributed by atoms with Crippen molar-refractivity contribution >= 4 is 33.7 Å². The third kappa shape index (κ3) is 12.5. The number of unbranched alkanes of at least 4 members (excludes halogenated alkanes) is 1. The average Bonchev–Trinajstić information content (AvgIpc) is 3.61. The molecule has 272 valence electrons. The van der Waals surface area contributed by atoms with Crippen molar-refractivity contribution in [2.75, 3.05) is 26.9 Å². The molecule has 3 saturated heterocycles. The molecule has 8 nitrogen and oxygen atoms in total. The topological polar surface area (TPSA) is 81.7 Å². The minimum Gasteiger partial charge on any atom is -0.469 e. The lowest BCUT2D eigenvalue weighted by Gasteiger charge is -2.30. The van der Waals surface area contributed by atoms with E-state index >= 15 is 0 Å². The van der Waals surface area contributed by atoms with Gasteiger partial charge in [-0.2, -0.15) is 0 Å². The summed E-state index contributed by atoms with van der Waals surface area (Å²) in [4.78, 5) is 13.5. The van der Waals surface area contributed by atoms with Crippen LogP contribution in [-0.2, 0) is 38.0 Å². The molecule has 5 rings (SSSR count). The van der Waals surface area contributed by atoms with E-state index in [-0.39, 0.29) is 55.0 Å². The number of ether oxygens (including phenoxy) is 7. The molecule has 1 aliphatic carbocycles. The van der Waals surface area contributed by atoms with Crippen molar-refractivity contribution in [1.29, 1.82) is 0 Å². The van der Waals surface area contributed by atoms with Gasteiger partial charge in [-0.05, 0) is 101 Å². The summed E-state index contributed by atoms with van der Waals surface area (Å²) in [6, 6.07) is 0. The van der Waals surface area contributed by atoms with Crippen LogP contribution in [0.4, 0.5) is 0 Å². The first-order chi connectivity index (χ1) is 23.5. The summed E-state index contributed by atoms with van der Waals surface area (Å²) in [7, 11) is 1.45. The van der Waals surface area contributed by atoms with Crippen LogP contribution in [0.1, 0.15) is 110 Å². The number of rotatable bonds is 17. The van der Waals surface area contributed by atoms with Crippen LogP contribution in [0.5, 0.6) is 0 Å². The highest BCUT2D eigenvalue weighted by molar-refractivity contribution is 9.09. The highest BCUT2D eigenvalue weighted by Crippen LogP contribution is 2.43. The van der Waals surface area contributed by atoms with Gasteiger partial charge < -0.3 is 33.2 Å². The van der Waals surface area contributed by atoms with Gasteiger partial charge in [0.2, 0.25) is 0 Å². The van der Waals surface area contributed by atoms with Gasteiger partial charge in [0, 0.05) is 48.7 Å². The molecule has 4 aliphatic heterocycles. The highest BCUT2D eigenvalue weighted by atomic mass is 79.9. The number of carbonyl (C=O) groups excluding carboxylic acids is 1. The van der Waals surface area contributed by atoms with Gasteiger partial charge in [0.1, 0.15) is 0 Å². The predicted molar refractivity (Wildman–Crippen MR) is 193 cm³/mol. The molecule has 0 amide bonds. The van der Waals surface area contributed by atoms with Crippen LogP contribution in [-0.4, -0.2) is 80.2 Å². The highest BCUT2D eigenvalue weighted by Gasteiger charge is 2.45. The van der Waals surface area contributed by atoms with E-state index in [1.54, 1.807) is 0 Å². The molecular formula is C38H59BrO8S. The Balaban J connectivity index is 1.33. The zero-order chi connectivity index (χ0) is 33.6. The van der Waals surface area contributed by atoms with Gasteiger partial charge in [-0.3, -0.25) is 4.79 Å². The number of halogens is 1. The number of thioether (sulfide) groups is 1. The molecule has 48 heavy (non-hydrogen) atoms. The maximum atomic E-state index is 11.6. The molecule has 10 heteroatoms. The van der Waals surface area contributed by atoms with Crippen molar-refractivity contribution in [1.82, 2.24) is 0 Å². The van der Waals surface area contributed by atoms with E-state index in [0.717, 1.165) is 116 Å². The van der Waals surface area contributed by atoms with E-state index in [2.05, 4.69) is 53.2 Å². The van der Waals surface area contributed by atoms with Gasteiger partial charge in [0.25, 0.3) is 0 Å². The Hall–Kier alpha value is -0.720. The summed E-state index contributed by atoms with van der Waals surface area (Å²) in [5, 5.41) is 0.550. The summed E-state index contributed by atoms with van der Waals surface area (Å²) in [6.07, 6.45) is 26.1. The van der Waals surface area contributed by atoms with Gasteiger partial charge in [-0.1, -0.05) is 53.2 Å². The van der Waals surface area contributed by atoms with Gasteiger partial charge in [-0.15, -0.1) is 11.8 Å². The van der Waals surface area contributed by atoms with Crippen LogP contribution in [0.3, 0.4) is 0 Å². The SMILES string of the molecule is COC(=O)CCC/C=C\C[C@@H]1C(/C=C/[C@H](CCC2=CC(Br)C(C)S2)OC2CCCCO2)[C@H](OC2CCCCO2)C[C@@H]1OC1CCCCO1. The fourth-order valence-corrected chi connectivity index (χ4v) is 9.35. The van der Waals surface area contributed by atoms with E-state index in [0.29, 0.717) is 16.5 Å². The Bertz CT molecular complexity index is 1040. The number of hydrogen-bond acceptors (Lipinski definition) is 9. The third-order valence-corrected chi connectivity index (χ3v) is 12.9. The Kier molecular flexibility index (Phi) is 16.8. The lowest BCUT2D eigenvalue weighted by atomic mass is 9.89. The molecule has 0 N–H and O–H groups in total. The minimum atomic E-state index is -0.174. The van der Waals surface area contributed by atoms with Crippen LogP contribution in [0.25, 0.3) is 0 Å². The first-order valence-corrected chi connectivity index (χ1v) is 20.5. The second-order valence-electron chi connectivity index (χ2n) is 13.9. The standard InChI is InChI=1S/C38H59BrO8S/c1-27-32(39)25-29(48-27)20-18-28(45-36-15-7-10-22-42-36)19-21-31-30(13-5-3-4-6-14-35(40)41-2)33(46-37-16-8-11-23-43-37)26-34(31)47-38-17-9-12-24-44-38/h3,5,19,21,25,27-28,30-34,36-38H,4,6-18,20,22-24,26H2,1-2H3/b5-3-,21-19+/t27?,28-,30+,31?,32?,33-,34+,36?,37?,38?/m0/s1. The number of carbonyl (C=O) groups is 1. The number of esters is 1. The Morgan fingerprint density at radius 1 is 0.958 bits per heavy atom. The van der Waals surface area contributed by atoms with Crippen molar-refractivity contribution in [3.8, 4) is 0 Å². The molecule has 0 aromatic heterocycles. The molecule has 5 aliphatic rings. The Labute approximate surface area is 301 Å². The quantitative estimate of drug-likeness (QED) is 0.0627. The van der Waals surface area contributed by atoms with E-state index in [4.69, 9.17) is 33.2 Å². The number of methoxy groups -OCH3 is 1. The lowest BCUT2D eigenvalue weighted by molar-refractivity contribution is -0.203. The molecule has 0 aromatic rings. The van der Waals surface area contributed by atoms with Crippen LogP contribution in [0.2, 0.25) is 0 Å². The van der Waals surface area contributed by atoms with Gasteiger partial charge in [0.05, 0.1) is 25.4 Å². The first kappa shape index (κ1) is 38.5. The normalized spacial score (nSPS) is 35.3. The van der Waals surface area contributed by atoms with Crippen LogP contribution < -0.4 is 0 Å². The Morgan fingerprint density at radius 3 is 2.23 bits per heavy atom. The van der Waals surface area contributed by atoms with Gasteiger partial charge >= 0.3 is 5.97 Å². The zero-order valence-corrected chi connectivity index (χ0v) is 31.5. The Morgan fingerprint density at radius 2 is 1.62 bits per heavy atom. The third-order valence-electron chi connectivity index (χ3n) is 10.2. The van der Waals surface area contributed by atoms with Crippen molar-refractivity contribution in [3.05, 3.63) is 35.3 Å². The summed E-state index contributed by atoms with van der Waals surface area (Å²) in [6.45, 7) is 4.55. The van der Waals surface area contributed by atoms with E-state index in [1.807, 2.05) is 11.8 Å². The summed E-state index contributed by atoms with van der Waals surface area (Å²) >= 11 is 5.78. The second kappa shape index (κ2) is 21.0. The van der Waals surface area contributed by atoms with Crippen LogP contribution in [0.15, 0.2) is 35.3 Å². The molecule has 4 fully saturated rings. The maximum Gasteiger partial charge on any atom is 0.305 e. The number of allylic oxidation sites excluding steroid dienone is 4. The van der Waals surface area contributed by atoms with Crippen LogP contribution in [0, 0.1) is 11.8 Å². The van der Waals surface area contributed by atoms with E-state index in [1.165, 1.54) is 12.0 Å². The lowest BCUT2D eigenvalue weighted by Crippen LogP contribution is -2.31. The summed E-state index contributed by atoms with van der Waals surface area (Å²) in [5.74, 6) is 0.191. The van der Waals surface area contributed by atoms with Crippen molar-refractivity contribution in [2.24, 2.45) is 11.8 Å². The average molecular weight is 756 g/mol. The molecule has 0 spiro atoms. The largest absolute Gasteiger partial charge is 0.469 e. The molecule has 0 aromatic carbocycles. The van der Waals surface area contributed by atoms with Crippen LogP contribution >= 0.6 is 27.7 Å². The summed E-state index contributed by atoms with van der Waals surface area (Å²) < 4.78 is 43.2. The molecule has 10 atom stereocenters. The van der Waals surface area contributed by atoms with Gasteiger partial charge in [0.15, 0.2) is 18.9 Å². The smallest absolute Gasteiger partial charge is 0.305 e. The first-order valence-electron chi connectivity index (χ1n) is 18.7. The monoisotopic (exact) mass is 754 g/mol. The maximum absolute atomic E-state index is 11.6. The second-order valence-corrected chi connectivity index (χ2v) is 16.4. The molecule has 6 unspecified atom stereocenters. The minimum absolute atomic E-state index is 0.00880. The predicted octanol–water partition coefficient (Wildman–Crippen LogP) is 8.77. The summed E-state index contributed by atoms with van der Waals surface area (Å²) in [5.41, 5.74) is 0. The molecule has 1 saturated carbocycles. The van der Waals surface area contributed by atoms with Crippen molar-refractivity contribution in [2.45, 2.75) is 157 Å². The number of alkyl halides is 1. The van der Waals surface area contributed by atoms with E-state index < -0.39 is 0 Å². The molecule has 0 bridgehead atoms. The molecule has 0 radical (unpaired) electrons. The van der Waals surface area contributed by atoms with Crippen molar-refractivity contribution in [3.63, 3.8) is 0 Å². The van der Waals surface area contributed by atoms with Gasteiger partial charge in [-0.25, -0.2) is 0 Å². The molecular weight excluding hydrogens is 696 g/mol.